The van der Waals surface area contributed by atoms with Crippen molar-refractivity contribution in [1.29, 1.82) is 0 Å². The number of nitrogen functional groups attached to an aromatic ring is 1. The average Bonchev–Trinajstić information content (AvgIpc) is 2.81. The number of sulfone groups is 1. The Morgan fingerprint density at radius 2 is 1.95 bits per heavy atom. The molecular weight excluding hydrogens is 276 g/mol. The van der Waals surface area contributed by atoms with Gasteiger partial charge in [-0.05, 0) is 30.3 Å². The molecule has 0 aliphatic heterocycles. The summed E-state index contributed by atoms with van der Waals surface area (Å²) in [6, 6.07) is 11.7. The lowest BCUT2D eigenvalue weighted by Gasteiger charge is -2.00. The highest BCUT2D eigenvalue weighted by atomic mass is 32.2. The number of rotatable bonds is 2. The minimum Gasteiger partial charge on any atom is -0.436 e. The van der Waals surface area contributed by atoms with Crippen molar-refractivity contribution in [2.45, 2.75) is 4.90 Å². The average molecular weight is 288 g/mol. The molecule has 0 unspecified atom stereocenters. The predicted octanol–water partition coefficient (Wildman–Crippen LogP) is 2.48. The van der Waals surface area contributed by atoms with E-state index in [-0.39, 0.29) is 4.90 Å². The maximum atomic E-state index is 11.6. The summed E-state index contributed by atoms with van der Waals surface area (Å²) in [6.07, 6.45) is 1.17. The third-order valence-electron chi connectivity index (χ3n) is 2.92. The molecule has 0 aliphatic rings. The lowest BCUT2D eigenvalue weighted by molar-refractivity contribution is 0.601. The zero-order valence-corrected chi connectivity index (χ0v) is 11.5. The molecule has 2 N–H and O–H groups in total. The van der Waals surface area contributed by atoms with E-state index >= 15 is 0 Å². The maximum absolute atomic E-state index is 11.6. The molecule has 5 nitrogen and oxygen atoms in total. The number of aromatic nitrogens is 1. The fraction of sp³-hybridized carbons (Fsp3) is 0.0714. The molecule has 0 saturated heterocycles. The van der Waals surface area contributed by atoms with Crippen LogP contribution >= 0.6 is 0 Å². The van der Waals surface area contributed by atoms with Gasteiger partial charge in [0.2, 0.25) is 5.89 Å². The van der Waals surface area contributed by atoms with Crippen LogP contribution in [0.15, 0.2) is 51.8 Å². The van der Waals surface area contributed by atoms with E-state index in [9.17, 15) is 8.42 Å². The minimum absolute atomic E-state index is 0.233. The standard InChI is InChI=1S/C14H12N2O3S/c1-20(17,18)11-4-2-3-9(7-11)14-16-12-6-5-10(15)8-13(12)19-14/h2-8H,15H2,1H3. The molecule has 3 rings (SSSR count). The third-order valence-corrected chi connectivity index (χ3v) is 4.03. The normalized spacial score (nSPS) is 11.8. The van der Waals surface area contributed by atoms with Crippen molar-refractivity contribution in [3.05, 3.63) is 42.5 Å². The SMILES string of the molecule is CS(=O)(=O)c1cccc(-c2nc3ccc(N)cc3o2)c1. The van der Waals surface area contributed by atoms with Gasteiger partial charge in [0.05, 0.1) is 4.90 Å². The summed E-state index contributed by atoms with van der Waals surface area (Å²) in [5.41, 5.74) is 8.14. The second-order valence-corrected chi connectivity index (χ2v) is 6.56. The van der Waals surface area contributed by atoms with E-state index in [0.29, 0.717) is 28.2 Å². The first kappa shape index (κ1) is 12.7. The zero-order chi connectivity index (χ0) is 14.3. The van der Waals surface area contributed by atoms with Gasteiger partial charge in [-0.2, -0.15) is 0 Å². The summed E-state index contributed by atoms with van der Waals surface area (Å²) in [7, 11) is -3.26. The fourth-order valence-electron chi connectivity index (χ4n) is 1.92. The Balaban J connectivity index is 2.16. The molecule has 0 radical (unpaired) electrons. The fourth-order valence-corrected chi connectivity index (χ4v) is 2.59. The molecule has 3 aromatic rings. The van der Waals surface area contributed by atoms with E-state index in [1.807, 2.05) is 0 Å². The van der Waals surface area contributed by atoms with Crippen molar-refractivity contribution < 1.29 is 12.8 Å². The molecule has 0 saturated carbocycles. The van der Waals surface area contributed by atoms with Crippen LogP contribution in [-0.4, -0.2) is 19.7 Å². The topological polar surface area (TPSA) is 86.2 Å². The molecule has 1 aromatic heterocycles. The number of hydrogen-bond acceptors (Lipinski definition) is 5. The summed E-state index contributed by atoms with van der Waals surface area (Å²) in [5, 5.41) is 0. The van der Waals surface area contributed by atoms with Gasteiger partial charge in [-0.1, -0.05) is 6.07 Å². The predicted molar refractivity (Wildman–Crippen MR) is 77.0 cm³/mol. The lowest BCUT2D eigenvalue weighted by Crippen LogP contribution is -1.96. The minimum atomic E-state index is -3.26. The van der Waals surface area contributed by atoms with E-state index in [4.69, 9.17) is 10.2 Å². The van der Waals surface area contributed by atoms with Crippen molar-refractivity contribution in [2.75, 3.05) is 12.0 Å². The van der Waals surface area contributed by atoms with Crippen LogP contribution in [0.3, 0.4) is 0 Å². The Morgan fingerprint density at radius 1 is 1.15 bits per heavy atom. The molecule has 6 heteroatoms. The number of benzene rings is 2. The van der Waals surface area contributed by atoms with Crippen LogP contribution in [0.5, 0.6) is 0 Å². The molecule has 0 atom stereocenters. The number of hydrogen-bond donors (Lipinski definition) is 1. The van der Waals surface area contributed by atoms with E-state index in [1.54, 1.807) is 42.5 Å². The highest BCUT2D eigenvalue weighted by Gasteiger charge is 2.12. The highest BCUT2D eigenvalue weighted by Crippen LogP contribution is 2.27. The molecule has 0 spiro atoms. The van der Waals surface area contributed by atoms with E-state index < -0.39 is 9.84 Å². The van der Waals surface area contributed by atoms with Crippen LogP contribution in [0.2, 0.25) is 0 Å². The smallest absolute Gasteiger partial charge is 0.227 e. The molecule has 2 aromatic carbocycles. The van der Waals surface area contributed by atoms with Gasteiger partial charge >= 0.3 is 0 Å². The molecule has 0 amide bonds. The number of nitrogens with two attached hydrogens (primary N) is 1. The Morgan fingerprint density at radius 3 is 2.70 bits per heavy atom. The van der Waals surface area contributed by atoms with Gasteiger partial charge < -0.3 is 10.2 Å². The quantitative estimate of drug-likeness (QED) is 0.732. The van der Waals surface area contributed by atoms with Crippen molar-refractivity contribution in [3.63, 3.8) is 0 Å². The van der Waals surface area contributed by atoms with Gasteiger partial charge in [0.15, 0.2) is 15.4 Å². The zero-order valence-electron chi connectivity index (χ0n) is 10.7. The van der Waals surface area contributed by atoms with Gasteiger partial charge in [0.25, 0.3) is 0 Å². The van der Waals surface area contributed by atoms with E-state index in [0.717, 1.165) is 0 Å². The molecule has 102 valence electrons. The summed E-state index contributed by atoms with van der Waals surface area (Å²) >= 11 is 0. The van der Waals surface area contributed by atoms with Crippen molar-refractivity contribution in [1.82, 2.24) is 4.98 Å². The molecule has 0 aliphatic carbocycles. The summed E-state index contributed by atoms with van der Waals surface area (Å²) in [4.78, 5) is 4.56. The monoisotopic (exact) mass is 288 g/mol. The summed E-state index contributed by atoms with van der Waals surface area (Å²) in [6.45, 7) is 0. The largest absolute Gasteiger partial charge is 0.436 e. The molecule has 20 heavy (non-hydrogen) atoms. The maximum Gasteiger partial charge on any atom is 0.227 e. The van der Waals surface area contributed by atoms with Crippen LogP contribution < -0.4 is 5.73 Å². The lowest BCUT2D eigenvalue weighted by atomic mass is 10.2. The third kappa shape index (κ3) is 2.25. The van der Waals surface area contributed by atoms with Gasteiger partial charge in [-0.25, -0.2) is 13.4 Å². The van der Waals surface area contributed by atoms with Crippen molar-refractivity contribution in [3.8, 4) is 11.5 Å². The molecule has 1 heterocycles. The second kappa shape index (κ2) is 4.35. The Labute approximate surface area is 116 Å². The summed E-state index contributed by atoms with van der Waals surface area (Å²) in [5.74, 6) is 0.371. The van der Waals surface area contributed by atoms with Crippen molar-refractivity contribution >= 4 is 26.6 Å². The molecule has 0 fully saturated rings. The highest BCUT2D eigenvalue weighted by molar-refractivity contribution is 7.90. The Hall–Kier alpha value is -2.34. The van der Waals surface area contributed by atoms with Crippen LogP contribution in [-0.2, 0) is 9.84 Å². The first-order chi connectivity index (χ1) is 9.43. The second-order valence-electron chi connectivity index (χ2n) is 4.55. The van der Waals surface area contributed by atoms with Crippen molar-refractivity contribution in [2.24, 2.45) is 0 Å². The van der Waals surface area contributed by atoms with E-state index in [1.165, 1.54) is 6.26 Å². The van der Waals surface area contributed by atoms with Crippen LogP contribution in [0.25, 0.3) is 22.6 Å². The first-order valence-corrected chi connectivity index (χ1v) is 7.79. The number of fused-ring (bicyclic) bond motifs is 1. The number of anilines is 1. The number of oxazole rings is 1. The van der Waals surface area contributed by atoms with Gasteiger partial charge in [0.1, 0.15) is 5.52 Å². The van der Waals surface area contributed by atoms with Crippen LogP contribution in [0.1, 0.15) is 0 Å². The van der Waals surface area contributed by atoms with Gasteiger partial charge in [0, 0.05) is 23.6 Å². The van der Waals surface area contributed by atoms with Gasteiger partial charge in [-0.15, -0.1) is 0 Å². The van der Waals surface area contributed by atoms with Gasteiger partial charge in [-0.3, -0.25) is 0 Å². The van der Waals surface area contributed by atoms with E-state index in [2.05, 4.69) is 4.98 Å². The Kier molecular flexibility index (Phi) is 2.76. The number of nitrogens with zero attached hydrogens (tertiary/aromatic N) is 1. The molecular formula is C14H12N2O3S. The van der Waals surface area contributed by atoms with Crippen LogP contribution in [0, 0.1) is 0 Å². The Bertz CT molecular complexity index is 898. The molecule has 0 bridgehead atoms. The summed E-state index contributed by atoms with van der Waals surface area (Å²) < 4.78 is 28.7. The van der Waals surface area contributed by atoms with Crippen LogP contribution in [0.4, 0.5) is 5.69 Å². The first-order valence-electron chi connectivity index (χ1n) is 5.90.